The highest BCUT2D eigenvalue weighted by Crippen LogP contribution is 2.32. The number of benzene rings is 3. The van der Waals surface area contributed by atoms with Crippen molar-refractivity contribution < 1.29 is 9.72 Å². The molecule has 4 rings (SSSR count). The van der Waals surface area contributed by atoms with Crippen molar-refractivity contribution in [3.8, 4) is 0 Å². The summed E-state index contributed by atoms with van der Waals surface area (Å²) in [4.78, 5) is 25.1. The summed E-state index contributed by atoms with van der Waals surface area (Å²) in [5, 5.41) is 14.2. The molecule has 1 amide bonds. The normalized spacial score (nSPS) is 12.8. The number of nitro groups is 1. The molecule has 0 aromatic heterocycles. The van der Waals surface area contributed by atoms with Gasteiger partial charge in [-0.3, -0.25) is 14.9 Å². The van der Waals surface area contributed by atoms with Crippen LogP contribution < -0.4 is 10.2 Å². The first-order valence-corrected chi connectivity index (χ1v) is 8.14. The van der Waals surface area contributed by atoms with Gasteiger partial charge in [-0.2, -0.15) is 0 Å². The van der Waals surface area contributed by atoms with Crippen molar-refractivity contribution in [2.75, 3.05) is 10.2 Å². The molecule has 1 aliphatic heterocycles. The summed E-state index contributed by atoms with van der Waals surface area (Å²) in [5.41, 5.74) is 3.53. The lowest BCUT2D eigenvalue weighted by molar-refractivity contribution is -0.383. The maximum atomic E-state index is 12.6. The van der Waals surface area contributed by atoms with Gasteiger partial charge in [0.05, 0.1) is 11.5 Å². The number of rotatable bonds is 4. The van der Waals surface area contributed by atoms with Crippen LogP contribution in [0.4, 0.5) is 22.7 Å². The summed E-state index contributed by atoms with van der Waals surface area (Å²) in [6, 6.07) is 21.4. The van der Waals surface area contributed by atoms with Crippen LogP contribution in [0.2, 0.25) is 0 Å². The molecule has 0 spiro atoms. The quantitative estimate of drug-likeness (QED) is 0.558. The van der Waals surface area contributed by atoms with Gasteiger partial charge in [0, 0.05) is 23.0 Å². The number of hydrogen-bond acceptors (Lipinski definition) is 4. The SMILES string of the molecule is O=C1c2ccc(Nc3ccccc3[N+](=O)[O-])cc2CN1c1ccccc1. The molecule has 3 aromatic rings. The molecule has 0 unspecified atom stereocenters. The molecular formula is C20H15N3O3. The fraction of sp³-hybridized carbons (Fsp3) is 0.0500. The first kappa shape index (κ1) is 15.8. The van der Waals surface area contributed by atoms with Crippen LogP contribution in [0.1, 0.15) is 15.9 Å². The van der Waals surface area contributed by atoms with E-state index < -0.39 is 4.92 Å². The lowest BCUT2D eigenvalue weighted by Gasteiger charge is -2.15. The van der Waals surface area contributed by atoms with E-state index in [4.69, 9.17) is 0 Å². The number of nitrogens with one attached hydrogen (secondary N) is 1. The summed E-state index contributed by atoms with van der Waals surface area (Å²) >= 11 is 0. The van der Waals surface area contributed by atoms with Crippen molar-refractivity contribution in [2.45, 2.75) is 6.54 Å². The molecule has 0 saturated heterocycles. The number of anilines is 3. The minimum Gasteiger partial charge on any atom is -0.350 e. The third-order valence-corrected chi connectivity index (χ3v) is 4.36. The third-order valence-electron chi connectivity index (χ3n) is 4.36. The van der Waals surface area contributed by atoms with Crippen LogP contribution in [0, 0.1) is 10.1 Å². The molecule has 6 heteroatoms. The second-order valence-electron chi connectivity index (χ2n) is 6.00. The molecule has 0 saturated carbocycles. The van der Waals surface area contributed by atoms with Gasteiger partial charge < -0.3 is 10.2 Å². The second kappa shape index (κ2) is 6.33. The Kier molecular flexibility index (Phi) is 3.85. The van der Waals surface area contributed by atoms with Crippen molar-refractivity contribution in [1.29, 1.82) is 0 Å². The Bertz CT molecular complexity index is 1000. The summed E-state index contributed by atoms with van der Waals surface area (Å²) in [5.74, 6) is -0.0385. The van der Waals surface area contributed by atoms with Crippen molar-refractivity contribution in [3.63, 3.8) is 0 Å². The van der Waals surface area contributed by atoms with Crippen molar-refractivity contribution >= 4 is 28.7 Å². The number of amides is 1. The highest BCUT2D eigenvalue weighted by atomic mass is 16.6. The van der Waals surface area contributed by atoms with Gasteiger partial charge in [0.15, 0.2) is 0 Å². The minimum absolute atomic E-state index is 0.00925. The Morgan fingerprint density at radius 1 is 0.962 bits per heavy atom. The van der Waals surface area contributed by atoms with Gasteiger partial charge >= 0.3 is 0 Å². The van der Waals surface area contributed by atoms with Crippen molar-refractivity contribution in [2.24, 2.45) is 0 Å². The van der Waals surface area contributed by atoms with Crippen LogP contribution in [-0.2, 0) is 6.54 Å². The van der Waals surface area contributed by atoms with Gasteiger partial charge in [-0.15, -0.1) is 0 Å². The number of hydrogen-bond donors (Lipinski definition) is 1. The van der Waals surface area contributed by atoms with Gasteiger partial charge in [0.25, 0.3) is 11.6 Å². The van der Waals surface area contributed by atoms with Gasteiger partial charge in [-0.05, 0) is 42.0 Å². The first-order valence-electron chi connectivity index (χ1n) is 8.14. The standard InChI is InChI=1S/C20H15N3O3/c24-20-17-11-10-15(21-18-8-4-5-9-19(18)23(25)26)12-14(17)13-22(20)16-6-2-1-3-7-16/h1-12,21H,13H2. The van der Waals surface area contributed by atoms with Crippen LogP contribution >= 0.6 is 0 Å². The van der Waals surface area contributed by atoms with Crippen LogP contribution in [0.25, 0.3) is 0 Å². The Labute approximate surface area is 149 Å². The molecule has 0 atom stereocenters. The predicted molar refractivity (Wildman–Crippen MR) is 99.8 cm³/mol. The first-order chi connectivity index (χ1) is 12.6. The van der Waals surface area contributed by atoms with E-state index in [1.165, 1.54) is 6.07 Å². The van der Waals surface area contributed by atoms with E-state index >= 15 is 0 Å². The number of nitro benzene ring substituents is 1. The predicted octanol–water partition coefficient (Wildman–Crippen LogP) is 4.50. The molecule has 0 bridgehead atoms. The molecule has 0 radical (unpaired) electrons. The van der Waals surface area contributed by atoms with Crippen molar-refractivity contribution in [3.05, 3.63) is 94.0 Å². The van der Waals surface area contributed by atoms with E-state index in [0.717, 1.165) is 11.3 Å². The van der Waals surface area contributed by atoms with Crippen molar-refractivity contribution in [1.82, 2.24) is 0 Å². The molecule has 6 nitrogen and oxygen atoms in total. The van der Waals surface area contributed by atoms with E-state index in [1.54, 1.807) is 35.2 Å². The molecule has 1 N–H and O–H groups in total. The molecule has 26 heavy (non-hydrogen) atoms. The van der Waals surface area contributed by atoms with E-state index in [1.807, 2.05) is 36.4 Å². The average Bonchev–Trinajstić information content (AvgIpc) is 2.99. The molecule has 1 aliphatic rings. The van der Waals surface area contributed by atoms with E-state index in [9.17, 15) is 14.9 Å². The molecule has 128 valence electrons. The van der Waals surface area contributed by atoms with Gasteiger partial charge in [0.1, 0.15) is 5.69 Å². The third kappa shape index (κ3) is 2.77. The fourth-order valence-electron chi connectivity index (χ4n) is 3.11. The Morgan fingerprint density at radius 3 is 2.46 bits per heavy atom. The highest BCUT2D eigenvalue weighted by Gasteiger charge is 2.28. The summed E-state index contributed by atoms with van der Waals surface area (Å²) < 4.78 is 0. The monoisotopic (exact) mass is 345 g/mol. The Balaban J connectivity index is 1.63. The second-order valence-corrected chi connectivity index (χ2v) is 6.00. The summed E-state index contributed by atoms with van der Waals surface area (Å²) in [6.45, 7) is 0.477. The van der Waals surface area contributed by atoms with Crippen LogP contribution in [0.3, 0.4) is 0 Å². The average molecular weight is 345 g/mol. The molecule has 0 fully saturated rings. The molecule has 1 heterocycles. The number of carbonyl (C=O) groups is 1. The topological polar surface area (TPSA) is 75.5 Å². The van der Waals surface area contributed by atoms with Crippen LogP contribution in [-0.4, -0.2) is 10.8 Å². The zero-order valence-electron chi connectivity index (χ0n) is 13.8. The van der Waals surface area contributed by atoms with Gasteiger partial charge in [0.2, 0.25) is 0 Å². The zero-order chi connectivity index (χ0) is 18.1. The molecular weight excluding hydrogens is 330 g/mol. The number of para-hydroxylation sites is 3. The number of fused-ring (bicyclic) bond motifs is 1. The molecule has 0 aliphatic carbocycles. The van der Waals surface area contributed by atoms with Crippen LogP contribution in [0.5, 0.6) is 0 Å². The van der Waals surface area contributed by atoms with E-state index in [-0.39, 0.29) is 11.6 Å². The van der Waals surface area contributed by atoms with E-state index in [2.05, 4.69) is 5.32 Å². The Morgan fingerprint density at radius 2 is 1.69 bits per heavy atom. The highest BCUT2D eigenvalue weighted by molar-refractivity contribution is 6.10. The maximum Gasteiger partial charge on any atom is 0.292 e. The van der Waals surface area contributed by atoms with Gasteiger partial charge in [-0.25, -0.2) is 0 Å². The number of nitrogens with zero attached hydrogens (tertiary/aromatic N) is 2. The minimum atomic E-state index is -0.420. The lowest BCUT2D eigenvalue weighted by Crippen LogP contribution is -2.22. The van der Waals surface area contributed by atoms with E-state index in [0.29, 0.717) is 23.5 Å². The fourth-order valence-corrected chi connectivity index (χ4v) is 3.11. The smallest absolute Gasteiger partial charge is 0.292 e. The summed E-state index contributed by atoms with van der Waals surface area (Å²) in [7, 11) is 0. The zero-order valence-corrected chi connectivity index (χ0v) is 13.8. The molecule has 3 aromatic carbocycles. The van der Waals surface area contributed by atoms with Crippen LogP contribution in [0.15, 0.2) is 72.8 Å². The Hall–Kier alpha value is -3.67. The maximum absolute atomic E-state index is 12.6. The van der Waals surface area contributed by atoms with Gasteiger partial charge in [-0.1, -0.05) is 30.3 Å². The number of carbonyl (C=O) groups excluding carboxylic acids is 1. The lowest BCUT2D eigenvalue weighted by atomic mass is 10.1. The largest absolute Gasteiger partial charge is 0.350 e. The summed E-state index contributed by atoms with van der Waals surface area (Å²) in [6.07, 6.45) is 0.